The number of nitrogens with one attached hydrogen (secondary N) is 1. The lowest BCUT2D eigenvalue weighted by molar-refractivity contribution is 1.23. The fraction of sp³-hybridized carbons (Fsp3) is 0.300. The van der Waals surface area contributed by atoms with Crippen LogP contribution in [0.5, 0.6) is 0 Å². The molecular formula is C10H14N2. The molecule has 2 heteroatoms. The molecule has 0 saturated carbocycles. The van der Waals surface area contributed by atoms with Gasteiger partial charge in [0.15, 0.2) is 0 Å². The molecule has 1 aromatic rings. The molecule has 0 bridgehead atoms. The zero-order valence-corrected chi connectivity index (χ0v) is 7.76. The Hall–Kier alpha value is -1.31. The Morgan fingerprint density at radius 2 is 2.25 bits per heavy atom. The molecule has 0 aliphatic rings. The maximum atomic E-state index is 4.25. The maximum Gasteiger partial charge on any atom is 0.128 e. The summed E-state index contributed by atoms with van der Waals surface area (Å²) in [6, 6.07) is 2.11. The number of pyridine rings is 1. The number of nitrogens with zero attached hydrogens (tertiary/aromatic N) is 1. The highest BCUT2D eigenvalue weighted by Gasteiger charge is 1.96. The Bertz CT molecular complexity index is 290. The van der Waals surface area contributed by atoms with Crippen LogP contribution in [0.1, 0.15) is 18.1 Å². The Morgan fingerprint density at radius 1 is 1.50 bits per heavy atom. The maximum absolute atomic E-state index is 4.25. The Kier molecular flexibility index (Phi) is 2.86. The molecule has 1 aromatic heterocycles. The lowest BCUT2D eigenvalue weighted by Gasteiger charge is -2.03. The molecule has 2 nitrogen and oxygen atoms in total. The van der Waals surface area contributed by atoms with E-state index in [-0.39, 0.29) is 0 Å². The molecule has 0 atom stereocenters. The number of allylic oxidation sites excluding steroid dienone is 1. The van der Waals surface area contributed by atoms with Crippen LogP contribution in [-0.4, -0.2) is 12.0 Å². The highest BCUT2D eigenvalue weighted by molar-refractivity contribution is 5.53. The molecule has 0 amide bonds. The molecule has 1 heterocycles. The van der Waals surface area contributed by atoms with Crippen molar-refractivity contribution in [2.24, 2.45) is 0 Å². The van der Waals surface area contributed by atoms with Gasteiger partial charge >= 0.3 is 0 Å². The van der Waals surface area contributed by atoms with E-state index in [0.717, 1.165) is 11.4 Å². The Labute approximate surface area is 73.3 Å². The van der Waals surface area contributed by atoms with Gasteiger partial charge in [-0.25, -0.2) is 4.98 Å². The third-order valence-electron chi connectivity index (χ3n) is 1.70. The van der Waals surface area contributed by atoms with Gasteiger partial charge in [0.25, 0.3) is 0 Å². The van der Waals surface area contributed by atoms with Crippen LogP contribution in [0.15, 0.2) is 18.3 Å². The van der Waals surface area contributed by atoms with Gasteiger partial charge in [0.1, 0.15) is 5.82 Å². The lowest BCUT2D eigenvalue weighted by Crippen LogP contribution is -1.95. The van der Waals surface area contributed by atoms with Gasteiger partial charge in [-0.2, -0.15) is 0 Å². The van der Waals surface area contributed by atoms with Crippen LogP contribution < -0.4 is 5.32 Å². The second-order valence-electron chi connectivity index (χ2n) is 2.68. The first-order valence-electron chi connectivity index (χ1n) is 4.05. The average molecular weight is 162 g/mol. The van der Waals surface area contributed by atoms with Crippen LogP contribution in [0.4, 0.5) is 5.82 Å². The highest BCUT2D eigenvalue weighted by atomic mass is 15.0. The van der Waals surface area contributed by atoms with Gasteiger partial charge in [0, 0.05) is 13.2 Å². The number of hydrogen-bond donors (Lipinski definition) is 1. The van der Waals surface area contributed by atoms with E-state index in [1.54, 1.807) is 0 Å². The van der Waals surface area contributed by atoms with Crippen molar-refractivity contribution in [2.45, 2.75) is 13.8 Å². The van der Waals surface area contributed by atoms with Crippen molar-refractivity contribution in [1.82, 2.24) is 4.98 Å². The third-order valence-corrected chi connectivity index (χ3v) is 1.70. The van der Waals surface area contributed by atoms with Gasteiger partial charge in [0.2, 0.25) is 0 Å². The summed E-state index contributed by atoms with van der Waals surface area (Å²) in [6.45, 7) is 4.05. The highest BCUT2D eigenvalue weighted by Crippen LogP contribution is 2.12. The van der Waals surface area contributed by atoms with Crippen molar-refractivity contribution in [3.63, 3.8) is 0 Å². The molecule has 0 fully saturated rings. The first-order chi connectivity index (χ1) is 5.77. The first kappa shape index (κ1) is 8.78. The molecule has 64 valence electrons. The van der Waals surface area contributed by atoms with Gasteiger partial charge in [0.05, 0.1) is 0 Å². The van der Waals surface area contributed by atoms with Crippen LogP contribution in [-0.2, 0) is 0 Å². The van der Waals surface area contributed by atoms with Crippen molar-refractivity contribution in [3.05, 3.63) is 29.5 Å². The minimum atomic E-state index is 0.947. The predicted octanol–water partition coefficient (Wildman–Crippen LogP) is 2.46. The van der Waals surface area contributed by atoms with Gasteiger partial charge in [-0.05, 0) is 31.0 Å². The minimum Gasteiger partial charge on any atom is -0.373 e. The fourth-order valence-corrected chi connectivity index (χ4v) is 1.14. The van der Waals surface area contributed by atoms with Crippen molar-refractivity contribution in [2.75, 3.05) is 12.4 Å². The monoisotopic (exact) mass is 162 g/mol. The number of anilines is 1. The number of aryl methyl sites for hydroxylation is 1. The van der Waals surface area contributed by atoms with Gasteiger partial charge in [-0.15, -0.1) is 0 Å². The van der Waals surface area contributed by atoms with Crippen LogP contribution >= 0.6 is 0 Å². The van der Waals surface area contributed by atoms with Gasteiger partial charge in [-0.3, -0.25) is 0 Å². The second kappa shape index (κ2) is 3.90. The van der Waals surface area contributed by atoms with E-state index in [1.807, 2.05) is 39.2 Å². The van der Waals surface area contributed by atoms with E-state index in [1.165, 1.54) is 5.56 Å². The quantitative estimate of drug-likeness (QED) is 0.722. The summed E-state index contributed by atoms with van der Waals surface area (Å²) in [5.41, 5.74) is 2.32. The van der Waals surface area contributed by atoms with Crippen LogP contribution in [0.25, 0.3) is 6.08 Å². The summed E-state index contributed by atoms with van der Waals surface area (Å²) in [4.78, 5) is 4.25. The molecule has 0 radical (unpaired) electrons. The Morgan fingerprint density at radius 3 is 2.75 bits per heavy atom. The molecule has 0 unspecified atom stereocenters. The standard InChI is InChI=1S/C10H14N2/c1-4-5-9-6-8(2)10(11-3)12-7-9/h4-7H,1-3H3,(H,11,12)/b5-4+. The van der Waals surface area contributed by atoms with Gasteiger partial charge < -0.3 is 5.32 Å². The minimum absolute atomic E-state index is 0.947. The average Bonchev–Trinajstić information content (AvgIpc) is 2.05. The molecule has 0 aliphatic heterocycles. The van der Waals surface area contributed by atoms with Crippen molar-refractivity contribution >= 4 is 11.9 Å². The number of aromatic nitrogens is 1. The van der Waals surface area contributed by atoms with Crippen molar-refractivity contribution in [1.29, 1.82) is 0 Å². The molecule has 1 N–H and O–H groups in total. The molecule has 0 spiro atoms. The molecule has 1 rings (SSSR count). The van der Waals surface area contributed by atoms with E-state index in [2.05, 4.69) is 16.4 Å². The largest absolute Gasteiger partial charge is 0.373 e. The van der Waals surface area contributed by atoms with Crippen molar-refractivity contribution < 1.29 is 0 Å². The summed E-state index contributed by atoms with van der Waals surface area (Å²) < 4.78 is 0. The van der Waals surface area contributed by atoms with Crippen LogP contribution in [0, 0.1) is 6.92 Å². The van der Waals surface area contributed by atoms with E-state index in [4.69, 9.17) is 0 Å². The van der Waals surface area contributed by atoms with Crippen molar-refractivity contribution in [3.8, 4) is 0 Å². The third kappa shape index (κ3) is 1.84. The SMILES string of the molecule is C/C=C/c1cnc(NC)c(C)c1. The molecule has 0 saturated heterocycles. The summed E-state index contributed by atoms with van der Waals surface area (Å²) in [6.07, 6.45) is 5.91. The summed E-state index contributed by atoms with van der Waals surface area (Å²) >= 11 is 0. The Balaban J connectivity index is 3.01. The zero-order chi connectivity index (χ0) is 8.97. The number of rotatable bonds is 2. The van der Waals surface area contributed by atoms with Gasteiger partial charge in [-0.1, -0.05) is 12.2 Å². The topological polar surface area (TPSA) is 24.9 Å². The lowest BCUT2D eigenvalue weighted by atomic mass is 10.2. The predicted molar refractivity (Wildman–Crippen MR) is 53.2 cm³/mol. The normalized spacial score (nSPS) is 10.6. The number of hydrogen-bond acceptors (Lipinski definition) is 2. The van der Waals surface area contributed by atoms with Crippen LogP contribution in [0.2, 0.25) is 0 Å². The molecule has 12 heavy (non-hydrogen) atoms. The first-order valence-corrected chi connectivity index (χ1v) is 4.05. The van der Waals surface area contributed by atoms with E-state index < -0.39 is 0 Å². The summed E-state index contributed by atoms with van der Waals surface area (Å²) in [5, 5.41) is 3.03. The molecular weight excluding hydrogens is 148 g/mol. The van der Waals surface area contributed by atoms with E-state index in [0.29, 0.717) is 0 Å². The summed E-state index contributed by atoms with van der Waals surface area (Å²) in [7, 11) is 1.88. The van der Waals surface area contributed by atoms with E-state index in [9.17, 15) is 0 Å². The summed E-state index contributed by atoms with van der Waals surface area (Å²) in [5.74, 6) is 0.947. The second-order valence-corrected chi connectivity index (χ2v) is 2.68. The zero-order valence-electron chi connectivity index (χ0n) is 7.76. The van der Waals surface area contributed by atoms with Crippen LogP contribution in [0.3, 0.4) is 0 Å². The molecule has 0 aromatic carbocycles. The molecule has 0 aliphatic carbocycles. The smallest absolute Gasteiger partial charge is 0.128 e. The fourth-order valence-electron chi connectivity index (χ4n) is 1.14. The van der Waals surface area contributed by atoms with E-state index >= 15 is 0 Å².